The number of anilines is 2. The molecule has 0 atom stereocenters. The minimum Gasteiger partial charge on any atom is -0.508 e. The van der Waals surface area contributed by atoms with Gasteiger partial charge in [0.15, 0.2) is 5.82 Å². The number of fused-ring (bicyclic) bond motifs is 1. The van der Waals surface area contributed by atoms with Crippen molar-refractivity contribution in [1.82, 2.24) is 9.97 Å². The van der Waals surface area contributed by atoms with Crippen LogP contribution >= 0.6 is 0 Å². The number of hydrogen-bond acceptors (Lipinski definition) is 7. The van der Waals surface area contributed by atoms with Crippen molar-refractivity contribution in [2.75, 3.05) is 42.1 Å². The Morgan fingerprint density at radius 3 is 2.53 bits per heavy atom. The zero-order valence-electron chi connectivity index (χ0n) is 17.7. The van der Waals surface area contributed by atoms with Crippen LogP contribution in [0.25, 0.3) is 11.3 Å². The molecule has 166 valence electrons. The lowest BCUT2D eigenvalue weighted by Gasteiger charge is -2.28. The van der Waals surface area contributed by atoms with Gasteiger partial charge in [-0.1, -0.05) is 24.3 Å². The van der Waals surface area contributed by atoms with Gasteiger partial charge in [-0.3, -0.25) is 0 Å². The molecule has 2 aliphatic heterocycles. The van der Waals surface area contributed by atoms with Crippen molar-refractivity contribution in [3.05, 3.63) is 59.7 Å². The summed E-state index contributed by atoms with van der Waals surface area (Å²) < 4.78 is 33.9. The summed E-state index contributed by atoms with van der Waals surface area (Å²) in [6, 6.07) is 13.8. The van der Waals surface area contributed by atoms with Crippen molar-refractivity contribution in [1.29, 1.82) is 0 Å². The number of aromatic nitrogens is 2. The van der Waals surface area contributed by atoms with Crippen LogP contribution in [0, 0.1) is 6.92 Å². The zero-order chi connectivity index (χ0) is 22.3. The maximum absolute atomic E-state index is 13.5. The monoisotopic (exact) mass is 452 g/mol. The SMILES string of the molecule is Cc1cccc(S(=O)(=O)N2CCc3c(-c4cccc(O)c4)nc(N4CCOCC4)nc32)c1. The van der Waals surface area contributed by atoms with E-state index in [9.17, 15) is 13.5 Å². The number of hydrogen-bond donors (Lipinski definition) is 1. The van der Waals surface area contributed by atoms with Gasteiger partial charge in [0.1, 0.15) is 5.75 Å². The molecule has 0 saturated carbocycles. The van der Waals surface area contributed by atoms with Crippen molar-refractivity contribution < 1.29 is 18.3 Å². The highest BCUT2D eigenvalue weighted by Gasteiger charge is 2.35. The smallest absolute Gasteiger partial charge is 0.265 e. The third-order valence-electron chi connectivity index (χ3n) is 5.77. The molecule has 2 aromatic carbocycles. The van der Waals surface area contributed by atoms with Crippen molar-refractivity contribution in [3.63, 3.8) is 0 Å². The number of sulfonamides is 1. The number of ether oxygens (including phenoxy) is 1. The van der Waals surface area contributed by atoms with Crippen molar-refractivity contribution in [2.24, 2.45) is 0 Å². The predicted molar refractivity (Wildman–Crippen MR) is 122 cm³/mol. The molecular weight excluding hydrogens is 428 g/mol. The Kier molecular flexibility index (Phi) is 5.22. The topological polar surface area (TPSA) is 95.9 Å². The highest BCUT2D eigenvalue weighted by molar-refractivity contribution is 7.92. The van der Waals surface area contributed by atoms with E-state index in [4.69, 9.17) is 14.7 Å². The average molecular weight is 453 g/mol. The van der Waals surface area contributed by atoms with E-state index in [1.807, 2.05) is 24.0 Å². The molecule has 8 nitrogen and oxygen atoms in total. The Bertz CT molecular complexity index is 1270. The van der Waals surface area contributed by atoms with Crippen molar-refractivity contribution >= 4 is 21.8 Å². The van der Waals surface area contributed by atoms with Crippen LogP contribution in [-0.2, 0) is 21.2 Å². The van der Waals surface area contributed by atoms with Gasteiger partial charge >= 0.3 is 0 Å². The molecule has 0 unspecified atom stereocenters. The quantitative estimate of drug-likeness (QED) is 0.650. The van der Waals surface area contributed by atoms with Gasteiger partial charge in [0.05, 0.1) is 23.8 Å². The van der Waals surface area contributed by atoms with E-state index in [2.05, 4.69) is 0 Å². The molecule has 1 fully saturated rings. The highest BCUT2D eigenvalue weighted by Crippen LogP contribution is 2.39. The maximum atomic E-state index is 13.5. The summed E-state index contributed by atoms with van der Waals surface area (Å²) in [7, 11) is -3.78. The van der Waals surface area contributed by atoms with Crippen LogP contribution in [0.4, 0.5) is 11.8 Å². The fraction of sp³-hybridized carbons (Fsp3) is 0.304. The summed E-state index contributed by atoms with van der Waals surface area (Å²) in [6.45, 7) is 4.54. The molecule has 0 spiro atoms. The summed E-state index contributed by atoms with van der Waals surface area (Å²) in [5.74, 6) is 1.00. The largest absolute Gasteiger partial charge is 0.508 e. The number of rotatable bonds is 4. The first-order valence-corrected chi connectivity index (χ1v) is 12.0. The van der Waals surface area contributed by atoms with Crippen LogP contribution in [0.2, 0.25) is 0 Å². The van der Waals surface area contributed by atoms with Gasteiger partial charge in [0, 0.05) is 30.8 Å². The minimum atomic E-state index is -3.78. The van der Waals surface area contributed by atoms with Gasteiger partial charge in [0.25, 0.3) is 10.0 Å². The fourth-order valence-electron chi connectivity index (χ4n) is 4.15. The van der Waals surface area contributed by atoms with Crippen LogP contribution in [0.5, 0.6) is 5.75 Å². The van der Waals surface area contributed by atoms with Gasteiger partial charge in [-0.15, -0.1) is 0 Å². The minimum absolute atomic E-state index is 0.130. The molecule has 2 aliphatic rings. The van der Waals surface area contributed by atoms with Crippen molar-refractivity contribution in [2.45, 2.75) is 18.2 Å². The summed E-state index contributed by atoms with van der Waals surface area (Å²) in [4.78, 5) is 11.8. The number of morpholine rings is 1. The second-order valence-electron chi connectivity index (χ2n) is 7.97. The number of phenolic OH excluding ortho intramolecular Hbond substituents is 1. The van der Waals surface area contributed by atoms with E-state index in [0.717, 1.165) is 16.7 Å². The Morgan fingerprint density at radius 1 is 1.00 bits per heavy atom. The molecule has 9 heteroatoms. The van der Waals surface area contributed by atoms with E-state index in [-0.39, 0.29) is 10.6 Å². The first-order valence-electron chi connectivity index (χ1n) is 10.6. The van der Waals surface area contributed by atoms with Crippen molar-refractivity contribution in [3.8, 4) is 17.0 Å². The molecule has 0 radical (unpaired) electrons. The number of aromatic hydroxyl groups is 1. The highest BCUT2D eigenvalue weighted by atomic mass is 32.2. The van der Waals surface area contributed by atoms with E-state index in [1.54, 1.807) is 36.4 Å². The molecule has 1 saturated heterocycles. The Hall–Kier alpha value is -3.17. The Labute approximate surface area is 187 Å². The Balaban J connectivity index is 1.66. The lowest BCUT2D eigenvalue weighted by atomic mass is 10.1. The predicted octanol–water partition coefficient (Wildman–Crippen LogP) is 2.75. The van der Waals surface area contributed by atoms with Gasteiger partial charge in [0.2, 0.25) is 5.95 Å². The van der Waals surface area contributed by atoms with E-state index in [1.165, 1.54) is 4.31 Å². The number of benzene rings is 2. The second-order valence-corrected chi connectivity index (χ2v) is 9.83. The molecule has 1 aromatic heterocycles. The molecule has 3 aromatic rings. The molecule has 32 heavy (non-hydrogen) atoms. The average Bonchev–Trinajstić information content (AvgIpc) is 3.24. The maximum Gasteiger partial charge on any atom is 0.265 e. The van der Waals surface area contributed by atoms with Crippen LogP contribution < -0.4 is 9.21 Å². The third kappa shape index (κ3) is 3.67. The molecular formula is C23H24N4O4S. The summed E-state index contributed by atoms with van der Waals surface area (Å²) in [5, 5.41) is 10.0. The zero-order valence-corrected chi connectivity index (χ0v) is 18.5. The van der Waals surface area contributed by atoms with E-state index < -0.39 is 10.0 Å². The lowest BCUT2D eigenvalue weighted by Crippen LogP contribution is -2.38. The molecule has 5 rings (SSSR count). The van der Waals surface area contributed by atoms with E-state index in [0.29, 0.717) is 56.7 Å². The first-order chi connectivity index (χ1) is 15.4. The number of phenols is 1. The summed E-state index contributed by atoms with van der Waals surface area (Å²) in [6.07, 6.45) is 0.495. The van der Waals surface area contributed by atoms with E-state index >= 15 is 0 Å². The van der Waals surface area contributed by atoms with Gasteiger partial charge in [-0.25, -0.2) is 17.7 Å². The summed E-state index contributed by atoms with van der Waals surface area (Å²) >= 11 is 0. The fourth-order valence-corrected chi connectivity index (χ4v) is 5.70. The molecule has 0 bridgehead atoms. The summed E-state index contributed by atoms with van der Waals surface area (Å²) in [5.41, 5.74) is 3.02. The molecule has 1 N–H and O–H groups in total. The number of nitrogens with zero attached hydrogens (tertiary/aromatic N) is 4. The third-order valence-corrected chi connectivity index (χ3v) is 7.55. The first kappa shape index (κ1) is 20.7. The molecule has 3 heterocycles. The van der Waals surface area contributed by atoms with Crippen LogP contribution in [0.15, 0.2) is 53.4 Å². The van der Waals surface area contributed by atoms with Gasteiger partial charge in [-0.2, -0.15) is 4.98 Å². The number of aryl methyl sites for hydroxylation is 1. The van der Waals surface area contributed by atoms with Gasteiger partial charge < -0.3 is 14.7 Å². The standard InChI is InChI=1S/C23H24N4O4S/c1-16-4-2-7-19(14-16)32(29,30)27-9-8-20-21(17-5-3-6-18(28)15-17)24-23(25-22(20)27)26-10-12-31-13-11-26/h2-7,14-15,28H,8-13H2,1H3. The lowest BCUT2D eigenvalue weighted by molar-refractivity contribution is 0.122. The van der Waals surface area contributed by atoms with Crippen LogP contribution in [0.1, 0.15) is 11.1 Å². The molecule has 0 aliphatic carbocycles. The normalized spacial score (nSPS) is 16.3. The molecule has 0 amide bonds. The van der Waals surface area contributed by atoms with Crippen LogP contribution in [-0.4, -0.2) is 56.3 Å². The second kappa shape index (κ2) is 8.07. The van der Waals surface area contributed by atoms with Gasteiger partial charge in [-0.05, 0) is 43.2 Å². The van der Waals surface area contributed by atoms with Crippen LogP contribution in [0.3, 0.4) is 0 Å². The Morgan fingerprint density at radius 2 is 1.78 bits per heavy atom.